The fourth-order valence-corrected chi connectivity index (χ4v) is 10.2. The van der Waals surface area contributed by atoms with Crippen molar-refractivity contribution in [2.75, 3.05) is 26.4 Å². The third kappa shape index (κ3) is 8.58. The zero-order chi connectivity index (χ0) is 38.0. The molecule has 0 radical (unpaired) electrons. The Morgan fingerprint density at radius 3 is 2.38 bits per heavy atom. The van der Waals surface area contributed by atoms with Crippen molar-refractivity contribution in [3.63, 3.8) is 0 Å². The van der Waals surface area contributed by atoms with E-state index in [1.165, 1.54) is 10.8 Å². The maximum absolute atomic E-state index is 9.91. The molecule has 2 aliphatic carbocycles. The largest absolute Gasteiger partial charge is 0.490 e. The van der Waals surface area contributed by atoms with E-state index in [0.29, 0.717) is 26.2 Å². The van der Waals surface area contributed by atoms with Gasteiger partial charge in [-0.1, -0.05) is 103 Å². The molecule has 1 aliphatic heterocycles. The van der Waals surface area contributed by atoms with E-state index in [9.17, 15) is 10.2 Å². The van der Waals surface area contributed by atoms with Gasteiger partial charge < -0.3 is 29.3 Å². The van der Waals surface area contributed by atoms with Gasteiger partial charge in [-0.2, -0.15) is 0 Å². The number of unbranched alkanes of at least 4 members (excludes halogenated alkanes) is 2. The third-order valence-corrected chi connectivity index (χ3v) is 12.5. The molecule has 0 bridgehead atoms. The normalized spacial score (nSPS) is 24.7. The van der Waals surface area contributed by atoms with Gasteiger partial charge >= 0.3 is 0 Å². The van der Waals surface area contributed by atoms with Crippen molar-refractivity contribution < 1.29 is 29.3 Å². The molecule has 4 aromatic rings. The molecule has 7 rings (SSSR count). The first kappa shape index (κ1) is 38.9. The number of aliphatic hydroxyl groups excluding tert-OH is 2. The van der Waals surface area contributed by atoms with Gasteiger partial charge in [0.1, 0.15) is 24.7 Å². The second-order valence-electron chi connectivity index (χ2n) is 14.7. The predicted octanol–water partition coefficient (Wildman–Crippen LogP) is 10.0. The highest BCUT2D eigenvalue weighted by Gasteiger charge is 2.64. The Hall–Kier alpha value is -4.34. The number of nitrogens with zero attached hydrogens (tertiary/aromatic N) is 1. The lowest BCUT2D eigenvalue weighted by atomic mass is 9.56. The predicted molar refractivity (Wildman–Crippen MR) is 222 cm³/mol. The summed E-state index contributed by atoms with van der Waals surface area (Å²) in [7, 11) is 0. The molecular formula is C47H53NO6S. The fraction of sp³-hybridized carbons (Fsp3) is 0.383. The van der Waals surface area contributed by atoms with Crippen LogP contribution in [0.2, 0.25) is 0 Å². The van der Waals surface area contributed by atoms with Crippen molar-refractivity contribution in [2.45, 2.75) is 73.4 Å². The molecule has 2 N–H and O–H groups in total. The van der Waals surface area contributed by atoms with E-state index in [4.69, 9.17) is 24.2 Å². The summed E-state index contributed by atoms with van der Waals surface area (Å²) in [4.78, 5) is 7.35. The van der Waals surface area contributed by atoms with Crippen LogP contribution < -0.4 is 9.47 Å². The van der Waals surface area contributed by atoms with Crippen LogP contribution in [0.1, 0.15) is 62.0 Å². The monoisotopic (exact) mass is 759 g/mol. The maximum atomic E-state index is 9.91. The lowest BCUT2D eigenvalue weighted by molar-refractivity contribution is -0.223. The molecule has 0 spiro atoms. The van der Waals surface area contributed by atoms with Crippen LogP contribution in [0.5, 0.6) is 11.5 Å². The van der Waals surface area contributed by atoms with E-state index in [0.717, 1.165) is 77.3 Å². The van der Waals surface area contributed by atoms with Crippen molar-refractivity contribution >= 4 is 28.2 Å². The second-order valence-corrected chi connectivity index (χ2v) is 16.0. The number of hydrogen-bond acceptors (Lipinski definition) is 8. The van der Waals surface area contributed by atoms with Gasteiger partial charge in [-0.3, -0.25) is 0 Å². The number of hydrogen-bond donors (Lipinski definition) is 2. The Kier molecular flexibility index (Phi) is 13.1. The number of ether oxygens (including phenoxy) is 3. The van der Waals surface area contributed by atoms with Gasteiger partial charge in [0.15, 0.2) is 0 Å². The molecule has 55 heavy (non-hydrogen) atoms. The highest BCUT2D eigenvalue weighted by Crippen LogP contribution is 2.63. The maximum Gasteiger partial charge on any atom is 0.231 e. The average molecular weight is 760 g/mol. The molecule has 0 aromatic heterocycles. The van der Waals surface area contributed by atoms with Crippen LogP contribution in [0.3, 0.4) is 0 Å². The summed E-state index contributed by atoms with van der Waals surface area (Å²) < 4.78 is 20.6. The van der Waals surface area contributed by atoms with E-state index in [1.807, 2.05) is 36.4 Å². The van der Waals surface area contributed by atoms with Crippen LogP contribution in [0, 0.1) is 17.8 Å². The van der Waals surface area contributed by atoms with E-state index < -0.39 is 5.79 Å². The van der Waals surface area contributed by atoms with Crippen LogP contribution in [-0.2, 0) is 16.2 Å². The smallest absolute Gasteiger partial charge is 0.231 e. The Labute approximate surface area is 329 Å². The van der Waals surface area contributed by atoms with Crippen molar-refractivity contribution in [1.29, 1.82) is 0 Å². The van der Waals surface area contributed by atoms with E-state index >= 15 is 0 Å². The van der Waals surface area contributed by atoms with Gasteiger partial charge in [-0.05, 0) is 89.8 Å². The van der Waals surface area contributed by atoms with Gasteiger partial charge in [0, 0.05) is 36.0 Å². The SMILES string of the molecule is C=CCOc1ccc2c(c1)C1C(CCCCO)C(CCCCO)C=C3C(=NOCc4ccccc4)CC(Sc4ccc5ccccc5c4)C(OCC=C)(O2)C31. The molecule has 1 fully saturated rings. The summed E-state index contributed by atoms with van der Waals surface area (Å²) in [5.41, 5.74) is 4.16. The number of benzene rings is 4. The summed E-state index contributed by atoms with van der Waals surface area (Å²) in [6.07, 6.45) is 11.7. The van der Waals surface area contributed by atoms with Gasteiger partial charge in [-0.15, -0.1) is 18.3 Å². The number of fused-ring (bicyclic) bond motifs is 3. The van der Waals surface area contributed by atoms with Crippen LogP contribution in [-0.4, -0.2) is 53.4 Å². The molecule has 4 aromatic carbocycles. The standard InChI is InChI=1S/C47H53NO6S/c1-3-26-51-37-21-23-43-41(30-37)45-39(19-11-13-25-50)36(18-10-12-24-49)29-40-42(48-53-32-33-14-6-5-7-15-33)31-44(47(54-43,46(40)45)52-27-4-2)55-38-22-20-34-16-8-9-17-35(34)28-38/h3-9,14-17,20-23,28-30,36,39,44-46,49-50H,1-2,10-13,18-19,24-27,31-32H2. The quantitative estimate of drug-likeness (QED) is 0.0559. The molecule has 3 aliphatic rings. The molecule has 0 amide bonds. The number of allylic oxidation sites excluding steroid dienone is 1. The average Bonchev–Trinajstić information content (AvgIpc) is 3.21. The Morgan fingerprint density at radius 2 is 1.60 bits per heavy atom. The van der Waals surface area contributed by atoms with Crippen LogP contribution in [0.4, 0.5) is 0 Å². The number of aliphatic hydroxyl groups is 2. The number of oxime groups is 1. The molecule has 6 unspecified atom stereocenters. The molecule has 288 valence electrons. The second kappa shape index (κ2) is 18.5. The zero-order valence-corrected chi connectivity index (χ0v) is 32.4. The molecular weight excluding hydrogens is 707 g/mol. The minimum absolute atomic E-state index is 0.0157. The fourth-order valence-electron chi connectivity index (χ4n) is 8.83. The Balaban J connectivity index is 1.41. The molecule has 1 saturated carbocycles. The first-order valence-electron chi connectivity index (χ1n) is 19.7. The Morgan fingerprint density at radius 1 is 0.836 bits per heavy atom. The summed E-state index contributed by atoms with van der Waals surface area (Å²) in [5.74, 6) is 0.656. The van der Waals surface area contributed by atoms with Crippen LogP contribution in [0.25, 0.3) is 10.8 Å². The van der Waals surface area contributed by atoms with E-state index in [2.05, 4.69) is 79.9 Å². The van der Waals surface area contributed by atoms with Gasteiger partial charge in [0.05, 0.1) is 23.5 Å². The Bertz CT molecular complexity index is 1980. The van der Waals surface area contributed by atoms with Crippen molar-refractivity contribution in [3.8, 4) is 11.5 Å². The van der Waals surface area contributed by atoms with Crippen molar-refractivity contribution in [3.05, 3.63) is 139 Å². The lowest BCUT2D eigenvalue weighted by Gasteiger charge is -2.58. The van der Waals surface area contributed by atoms with Gasteiger partial charge in [0.25, 0.3) is 0 Å². The topological polar surface area (TPSA) is 89.7 Å². The van der Waals surface area contributed by atoms with Crippen molar-refractivity contribution in [2.24, 2.45) is 22.9 Å². The number of rotatable bonds is 19. The highest BCUT2D eigenvalue weighted by molar-refractivity contribution is 8.00. The summed E-state index contributed by atoms with van der Waals surface area (Å²) in [6.45, 7) is 9.33. The molecule has 1 heterocycles. The first-order chi connectivity index (χ1) is 27.1. The molecule has 6 atom stereocenters. The summed E-state index contributed by atoms with van der Waals surface area (Å²) in [6, 6.07) is 31.4. The molecule has 8 heteroatoms. The third-order valence-electron chi connectivity index (χ3n) is 11.2. The van der Waals surface area contributed by atoms with Crippen LogP contribution >= 0.6 is 11.8 Å². The first-order valence-corrected chi connectivity index (χ1v) is 20.6. The summed E-state index contributed by atoms with van der Waals surface area (Å²) in [5, 5.41) is 26.9. The van der Waals surface area contributed by atoms with Gasteiger partial charge in [0.2, 0.25) is 5.79 Å². The molecule has 7 nitrogen and oxygen atoms in total. The lowest BCUT2D eigenvalue weighted by Crippen LogP contribution is -2.64. The molecule has 0 saturated heterocycles. The van der Waals surface area contributed by atoms with Crippen LogP contribution in [0.15, 0.2) is 138 Å². The van der Waals surface area contributed by atoms with E-state index in [-0.39, 0.29) is 42.1 Å². The minimum atomic E-state index is -1.07. The number of thioether (sulfide) groups is 1. The van der Waals surface area contributed by atoms with Crippen molar-refractivity contribution in [1.82, 2.24) is 0 Å². The highest BCUT2D eigenvalue weighted by atomic mass is 32.2. The minimum Gasteiger partial charge on any atom is -0.490 e. The summed E-state index contributed by atoms with van der Waals surface area (Å²) >= 11 is 1.77. The van der Waals surface area contributed by atoms with Gasteiger partial charge in [-0.25, -0.2) is 0 Å². The van der Waals surface area contributed by atoms with E-state index in [1.54, 1.807) is 17.8 Å². The zero-order valence-electron chi connectivity index (χ0n) is 31.6.